The Balaban J connectivity index is 1.65. The number of rotatable bonds is 5. The predicted molar refractivity (Wildman–Crippen MR) is 156 cm³/mol. The van der Waals surface area contributed by atoms with Crippen LogP contribution in [0, 0.1) is 11.8 Å². The molecule has 0 saturated heterocycles. The molecule has 192 valence electrons. The van der Waals surface area contributed by atoms with E-state index in [2.05, 4.69) is 100 Å². The van der Waals surface area contributed by atoms with Crippen LogP contribution in [-0.2, 0) is 21.3 Å². The van der Waals surface area contributed by atoms with E-state index in [1.807, 2.05) is 18.2 Å². The van der Waals surface area contributed by atoms with Crippen LogP contribution in [0.4, 0.5) is 0 Å². The molecule has 4 aromatic rings. The summed E-state index contributed by atoms with van der Waals surface area (Å²) in [7, 11) is 1.67. The van der Waals surface area contributed by atoms with E-state index in [0.29, 0.717) is 5.76 Å². The standard InChI is InChI=1S/C35H35NO2/c1-6-7-10-24-13-15-25(16-14-24)17-22-29-32-30(23-27-11-8-9-12-31(27)36-32)34(37-5)38-33(29)26-18-20-28(21-19-26)35(2,3)4/h8-9,11-16,18-21,23,34H,6-7,10H2,1-5H3. The van der Waals surface area contributed by atoms with Crippen LogP contribution in [0.15, 0.2) is 78.9 Å². The number of pyridine rings is 1. The van der Waals surface area contributed by atoms with Crippen molar-refractivity contribution in [2.24, 2.45) is 0 Å². The number of ether oxygens (including phenoxy) is 2. The van der Waals surface area contributed by atoms with Gasteiger partial charge in [0.1, 0.15) is 5.76 Å². The van der Waals surface area contributed by atoms with Crippen molar-refractivity contribution in [3.05, 3.63) is 112 Å². The highest BCUT2D eigenvalue weighted by Gasteiger charge is 2.30. The molecule has 0 spiro atoms. The maximum Gasteiger partial charge on any atom is 0.228 e. The molecular formula is C35H35NO2. The number of allylic oxidation sites excluding steroid dienone is 1. The average Bonchev–Trinajstić information content (AvgIpc) is 2.93. The summed E-state index contributed by atoms with van der Waals surface area (Å²) in [5, 5.41) is 1.05. The van der Waals surface area contributed by atoms with Gasteiger partial charge < -0.3 is 9.47 Å². The third kappa shape index (κ3) is 5.37. The lowest BCUT2D eigenvalue weighted by Crippen LogP contribution is -2.16. The first-order valence-corrected chi connectivity index (χ1v) is 13.4. The Morgan fingerprint density at radius 3 is 2.34 bits per heavy atom. The minimum Gasteiger partial charge on any atom is -0.458 e. The second-order valence-electron chi connectivity index (χ2n) is 10.9. The maximum atomic E-state index is 6.50. The molecule has 38 heavy (non-hydrogen) atoms. The number of hydrogen-bond acceptors (Lipinski definition) is 3. The Kier molecular flexibility index (Phi) is 7.36. The van der Waals surface area contributed by atoms with E-state index in [4.69, 9.17) is 14.5 Å². The number of aryl methyl sites for hydroxylation is 1. The van der Waals surface area contributed by atoms with Crippen LogP contribution >= 0.6 is 0 Å². The number of unbranched alkanes of at least 4 members (excludes halogenated alkanes) is 1. The van der Waals surface area contributed by atoms with E-state index < -0.39 is 6.29 Å². The summed E-state index contributed by atoms with van der Waals surface area (Å²) in [6.45, 7) is 8.87. The van der Waals surface area contributed by atoms with E-state index >= 15 is 0 Å². The average molecular weight is 502 g/mol. The number of hydrogen-bond donors (Lipinski definition) is 0. The monoisotopic (exact) mass is 501 g/mol. The molecule has 1 aromatic heterocycles. The van der Waals surface area contributed by atoms with Crippen LogP contribution in [0.1, 0.15) is 80.3 Å². The molecule has 3 nitrogen and oxygen atoms in total. The fraction of sp³-hybridized carbons (Fsp3) is 0.286. The van der Waals surface area contributed by atoms with Crippen LogP contribution in [0.2, 0.25) is 0 Å². The van der Waals surface area contributed by atoms with Gasteiger partial charge in [-0.25, -0.2) is 4.98 Å². The van der Waals surface area contributed by atoms with Crippen molar-refractivity contribution < 1.29 is 9.47 Å². The molecular weight excluding hydrogens is 466 g/mol. The smallest absolute Gasteiger partial charge is 0.228 e. The lowest BCUT2D eigenvalue weighted by atomic mass is 9.86. The number of nitrogens with zero attached hydrogens (tertiary/aromatic N) is 1. The zero-order valence-corrected chi connectivity index (χ0v) is 23.0. The van der Waals surface area contributed by atoms with Crippen molar-refractivity contribution in [1.29, 1.82) is 0 Å². The van der Waals surface area contributed by atoms with Gasteiger partial charge in [-0.2, -0.15) is 0 Å². The summed E-state index contributed by atoms with van der Waals surface area (Å²) < 4.78 is 12.3. The second-order valence-corrected chi connectivity index (χ2v) is 10.9. The Morgan fingerprint density at radius 2 is 1.66 bits per heavy atom. The van der Waals surface area contributed by atoms with Gasteiger partial charge in [-0.3, -0.25) is 0 Å². The fourth-order valence-electron chi connectivity index (χ4n) is 4.74. The number of fused-ring (bicyclic) bond motifs is 2. The first kappa shape index (κ1) is 25.8. The van der Waals surface area contributed by atoms with Gasteiger partial charge in [-0.15, -0.1) is 0 Å². The quantitative estimate of drug-likeness (QED) is 0.257. The van der Waals surface area contributed by atoms with E-state index in [-0.39, 0.29) is 5.41 Å². The lowest BCUT2D eigenvalue weighted by Gasteiger charge is -2.28. The topological polar surface area (TPSA) is 31.4 Å². The number of methoxy groups -OCH3 is 1. The van der Waals surface area contributed by atoms with E-state index in [1.165, 1.54) is 24.0 Å². The van der Waals surface area contributed by atoms with Crippen molar-refractivity contribution in [1.82, 2.24) is 4.98 Å². The predicted octanol–water partition coefficient (Wildman–Crippen LogP) is 8.47. The minimum atomic E-state index is -0.567. The zero-order valence-electron chi connectivity index (χ0n) is 23.0. The molecule has 1 aliphatic rings. The molecule has 0 amide bonds. The van der Waals surface area contributed by atoms with E-state index in [9.17, 15) is 0 Å². The van der Waals surface area contributed by atoms with Crippen molar-refractivity contribution in [3.8, 4) is 11.8 Å². The molecule has 0 saturated carbocycles. The first-order chi connectivity index (χ1) is 18.4. The molecule has 1 atom stereocenters. The van der Waals surface area contributed by atoms with Gasteiger partial charge >= 0.3 is 0 Å². The molecule has 5 rings (SSSR count). The second kappa shape index (κ2) is 10.9. The summed E-state index contributed by atoms with van der Waals surface area (Å²) in [6, 6.07) is 27.3. The van der Waals surface area contributed by atoms with Crippen molar-refractivity contribution in [2.45, 2.75) is 58.7 Å². The first-order valence-electron chi connectivity index (χ1n) is 13.4. The normalized spacial score (nSPS) is 15.0. The van der Waals surface area contributed by atoms with Gasteiger partial charge in [0.15, 0.2) is 0 Å². The highest BCUT2D eigenvalue weighted by atomic mass is 16.7. The summed E-state index contributed by atoms with van der Waals surface area (Å²) in [6.07, 6.45) is 2.92. The SMILES string of the molecule is CCCCc1ccc(C#CC2=C(c3ccc(C(C)(C)C)cc3)OC(OC)c3cc4ccccc4nc32)cc1. The van der Waals surface area contributed by atoms with Gasteiger partial charge in [0.25, 0.3) is 0 Å². The molecule has 1 unspecified atom stereocenters. The largest absolute Gasteiger partial charge is 0.458 e. The summed E-state index contributed by atoms with van der Waals surface area (Å²) in [4.78, 5) is 5.07. The molecule has 0 radical (unpaired) electrons. The Bertz CT molecular complexity index is 1530. The molecule has 0 N–H and O–H groups in total. The van der Waals surface area contributed by atoms with Crippen LogP contribution in [-0.4, -0.2) is 12.1 Å². The number of benzene rings is 3. The highest BCUT2D eigenvalue weighted by molar-refractivity contribution is 5.98. The number of aromatic nitrogens is 1. The lowest BCUT2D eigenvalue weighted by molar-refractivity contribution is -0.0770. The van der Waals surface area contributed by atoms with Crippen molar-refractivity contribution >= 4 is 22.2 Å². The molecule has 2 heterocycles. The molecule has 3 aromatic carbocycles. The Labute approximate surface area is 226 Å². The van der Waals surface area contributed by atoms with Crippen LogP contribution < -0.4 is 0 Å². The van der Waals surface area contributed by atoms with Crippen LogP contribution in [0.25, 0.3) is 22.2 Å². The minimum absolute atomic E-state index is 0.0639. The molecule has 3 heteroatoms. The Hall–Kier alpha value is -3.87. The van der Waals surface area contributed by atoms with Crippen LogP contribution in [0.3, 0.4) is 0 Å². The fourth-order valence-corrected chi connectivity index (χ4v) is 4.74. The van der Waals surface area contributed by atoms with Gasteiger partial charge in [-0.1, -0.05) is 101 Å². The van der Waals surface area contributed by atoms with Gasteiger partial charge in [0.05, 0.1) is 16.8 Å². The molecule has 0 bridgehead atoms. The maximum absolute atomic E-state index is 6.50. The number of para-hydroxylation sites is 1. The molecule has 1 aliphatic heterocycles. The van der Waals surface area contributed by atoms with Crippen molar-refractivity contribution in [2.75, 3.05) is 7.11 Å². The summed E-state index contributed by atoms with van der Waals surface area (Å²) in [5.41, 5.74) is 8.00. The van der Waals surface area contributed by atoms with E-state index in [1.54, 1.807) is 7.11 Å². The third-order valence-electron chi connectivity index (χ3n) is 7.03. The molecule has 0 fully saturated rings. The Morgan fingerprint density at radius 1 is 0.921 bits per heavy atom. The zero-order chi connectivity index (χ0) is 26.7. The van der Waals surface area contributed by atoms with E-state index in [0.717, 1.165) is 45.3 Å². The van der Waals surface area contributed by atoms with Gasteiger partial charge in [-0.05, 0) is 53.6 Å². The summed E-state index contributed by atoms with van der Waals surface area (Å²) in [5.74, 6) is 7.53. The third-order valence-corrected chi connectivity index (χ3v) is 7.03. The van der Waals surface area contributed by atoms with Crippen LogP contribution in [0.5, 0.6) is 0 Å². The summed E-state index contributed by atoms with van der Waals surface area (Å²) >= 11 is 0. The molecule has 0 aliphatic carbocycles. The highest BCUT2D eigenvalue weighted by Crippen LogP contribution is 2.41. The van der Waals surface area contributed by atoms with Gasteiger partial charge in [0.2, 0.25) is 6.29 Å². The van der Waals surface area contributed by atoms with Gasteiger partial charge in [0, 0.05) is 29.2 Å². The van der Waals surface area contributed by atoms with Crippen molar-refractivity contribution in [3.63, 3.8) is 0 Å².